The van der Waals surface area contributed by atoms with Crippen LogP contribution in [0.3, 0.4) is 0 Å². The van der Waals surface area contributed by atoms with Gasteiger partial charge in [-0.3, -0.25) is 4.79 Å². The van der Waals surface area contributed by atoms with E-state index in [9.17, 15) is 4.79 Å². The molecule has 0 saturated carbocycles. The van der Waals surface area contributed by atoms with E-state index in [4.69, 9.17) is 0 Å². The van der Waals surface area contributed by atoms with E-state index in [-0.39, 0.29) is 11.9 Å². The van der Waals surface area contributed by atoms with Crippen LogP contribution in [0, 0.1) is 0 Å². The summed E-state index contributed by atoms with van der Waals surface area (Å²) in [6.07, 6.45) is 9.68. The first-order valence-electron chi connectivity index (χ1n) is 6.83. The summed E-state index contributed by atoms with van der Waals surface area (Å²) in [6.45, 7) is 2.11. The minimum atomic E-state index is 0.0973. The van der Waals surface area contributed by atoms with Gasteiger partial charge in [-0.15, -0.1) is 0 Å². The van der Waals surface area contributed by atoms with Gasteiger partial charge in [0.2, 0.25) is 0 Å². The molecule has 0 bridgehead atoms. The van der Waals surface area contributed by atoms with Crippen molar-refractivity contribution in [3.05, 3.63) is 59.7 Å². The molecule has 2 nitrogen and oxygen atoms in total. The Morgan fingerprint density at radius 1 is 1.26 bits per heavy atom. The summed E-state index contributed by atoms with van der Waals surface area (Å²) in [5, 5.41) is 0. The molecule has 1 aromatic carbocycles. The molecule has 1 aliphatic rings. The zero-order valence-corrected chi connectivity index (χ0v) is 11.7. The second kappa shape index (κ2) is 6.37. The molecule has 1 aromatic rings. The topological polar surface area (TPSA) is 20.3 Å². The van der Waals surface area contributed by atoms with E-state index in [1.807, 2.05) is 42.3 Å². The lowest BCUT2D eigenvalue weighted by atomic mass is 9.98. The Morgan fingerprint density at radius 2 is 2.00 bits per heavy atom. The lowest BCUT2D eigenvalue weighted by molar-refractivity contribution is 0.0743. The third-order valence-corrected chi connectivity index (χ3v) is 3.65. The van der Waals surface area contributed by atoms with Crippen molar-refractivity contribution in [1.29, 1.82) is 0 Å². The highest BCUT2D eigenvalue weighted by Gasteiger charge is 2.18. The van der Waals surface area contributed by atoms with Gasteiger partial charge in [-0.2, -0.15) is 0 Å². The lowest BCUT2D eigenvalue weighted by Gasteiger charge is -2.26. The van der Waals surface area contributed by atoms with Crippen LogP contribution in [-0.2, 0) is 0 Å². The van der Waals surface area contributed by atoms with Gasteiger partial charge in [0.15, 0.2) is 0 Å². The predicted molar refractivity (Wildman–Crippen MR) is 79.1 cm³/mol. The summed E-state index contributed by atoms with van der Waals surface area (Å²) in [7, 11) is 1.89. The van der Waals surface area contributed by atoms with Crippen molar-refractivity contribution >= 4 is 5.91 Å². The molecule has 1 amide bonds. The first kappa shape index (κ1) is 13.6. The van der Waals surface area contributed by atoms with Crippen LogP contribution in [0.15, 0.2) is 54.1 Å². The minimum absolute atomic E-state index is 0.0973. The van der Waals surface area contributed by atoms with E-state index in [0.717, 1.165) is 24.8 Å². The van der Waals surface area contributed by atoms with Crippen LogP contribution in [-0.4, -0.2) is 23.9 Å². The number of rotatable bonds is 4. The highest BCUT2D eigenvalue weighted by atomic mass is 16.2. The van der Waals surface area contributed by atoms with E-state index in [1.165, 1.54) is 5.57 Å². The number of hydrogen-bond donors (Lipinski definition) is 0. The first-order valence-corrected chi connectivity index (χ1v) is 6.83. The molecule has 2 heteroatoms. The zero-order chi connectivity index (χ0) is 13.7. The molecule has 0 fully saturated rings. The minimum Gasteiger partial charge on any atom is -0.339 e. The molecule has 0 heterocycles. The number of carbonyl (C=O) groups excluding carboxylic acids is 1. The summed E-state index contributed by atoms with van der Waals surface area (Å²) < 4.78 is 0. The Labute approximate surface area is 115 Å². The van der Waals surface area contributed by atoms with E-state index in [2.05, 4.69) is 25.2 Å². The molecule has 0 unspecified atom stereocenters. The number of nitrogens with zero attached hydrogens (tertiary/aromatic N) is 1. The largest absolute Gasteiger partial charge is 0.339 e. The summed E-state index contributed by atoms with van der Waals surface area (Å²) in [5.74, 6) is 0.0973. The van der Waals surface area contributed by atoms with Gasteiger partial charge in [-0.05, 0) is 38.3 Å². The van der Waals surface area contributed by atoms with Crippen molar-refractivity contribution in [1.82, 2.24) is 4.90 Å². The second-order valence-electron chi connectivity index (χ2n) is 5.11. The normalized spacial score (nSPS) is 15.8. The van der Waals surface area contributed by atoms with Gasteiger partial charge in [0.05, 0.1) is 0 Å². The van der Waals surface area contributed by atoms with Crippen molar-refractivity contribution in [2.24, 2.45) is 0 Å². The molecule has 0 radical (unpaired) electrons. The number of hydrogen-bond acceptors (Lipinski definition) is 1. The van der Waals surface area contributed by atoms with Crippen molar-refractivity contribution < 1.29 is 4.79 Å². The van der Waals surface area contributed by atoms with E-state index < -0.39 is 0 Å². The van der Waals surface area contributed by atoms with Gasteiger partial charge in [-0.1, -0.05) is 42.0 Å². The Bertz CT molecular complexity index is 487. The number of allylic oxidation sites excluding steroid dienone is 3. The third-order valence-electron chi connectivity index (χ3n) is 3.65. The van der Waals surface area contributed by atoms with Crippen LogP contribution in [0.2, 0.25) is 0 Å². The zero-order valence-electron chi connectivity index (χ0n) is 11.7. The van der Waals surface area contributed by atoms with Gasteiger partial charge in [0.1, 0.15) is 0 Å². The average molecular weight is 255 g/mol. The van der Waals surface area contributed by atoms with Gasteiger partial charge in [-0.25, -0.2) is 0 Å². The van der Waals surface area contributed by atoms with E-state index in [0.29, 0.717) is 0 Å². The van der Waals surface area contributed by atoms with Crippen molar-refractivity contribution in [3.63, 3.8) is 0 Å². The molecular weight excluding hydrogens is 234 g/mol. The molecule has 100 valence electrons. The molecule has 0 aromatic heterocycles. The second-order valence-corrected chi connectivity index (χ2v) is 5.11. The summed E-state index contributed by atoms with van der Waals surface area (Å²) in [5.41, 5.74) is 2.19. The molecule has 0 N–H and O–H groups in total. The van der Waals surface area contributed by atoms with Crippen LogP contribution in [0.25, 0.3) is 0 Å². The van der Waals surface area contributed by atoms with Gasteiger partial charge in [0.25, 0.3) is 5.91 Å². The SMILES string of the molecule is C[C@@H](CC1=CCC=CC1)N(C)C(=O)c1ccccc1. The molecule has 0 aliphatic heterocycles. The monoisotopic (exact) mass is 255 g/mol. The van der Waals surface area contributed by atoms with Crippen molar-refractivity contribution in [3.8, 4) is 0 Å². The highest BCUT2D eigenvalue weighted by molar-refractivity contribution is 5.94. The fourth-order valence-electron chi connectivity index (χ4n) is 2.32. The average Bonchev–Trinajstić information content (AvgIpc) is 2.47. The Balaban J connectivity index is 1.97. The maximum atomic E-state index is 12.3. The number of amides is 1. The van der Waals surface area contributed by atoms with Crippen LogP contribution in [0.1, 0.15) is 36.5 Å². The van der Waals surface area contributed by atoms with E-state index in [1.54, 1.807) is 0 Å². The van der Waals surface area contributed by atoms with Crippen LogP contribution < -0.4 is 0 Å². The summed E-state index contributed by atoms with van der Waals surface area (Å²) >= 11 is 0. The number of carbonyl (C=O) groups is 1. The van der Waals surface area contributed by atoms with E-state index >= 15 is 0 Å². The third kappa shape index (κ3) is 3.57. The fourth-order valence-corrected chi connectivity index (χ4v) is 2.32. The van der Waals surface area contributed by atoms with Crippen molar-refractivity contribution in [2.75, 3.05) is 7.05 Å². The lowest BCUT2D eigenvalue weighted by Crippen LogP contribution is -2.35. The van der Waals surface area contributed by atoms with Gasteiger partial charge in [0, 0.05) is 18.7 Å². The molecule has 1 aliphatic carbocycles. The molecule has 1 atom stereocenters. The molecular formula is C17H21NO. The molecule has 2 rings (SSSR count). The van der Waals surface area contributed by atoms with Crippen LogP contribution in [0.4, 0.5) is 0 Å². The smallest absolute Gasteiger partial charge is 0.253 e. The Morgan fingerprint density at radius 3 is 2.63 bits per heavy atom. The molecule has 19 heavy (non-hydrogen) atoms. The quantitative estimate of drug-likeness (QED) is 0.749. The predicted octanol–water partition coefficient (Wildman–Crippen LogP) is 3.81. The van der Waals surface area contributed by atoms with Gasteiger partial charge < -0.3 is 4.90 Å². The maximum Gasteiger partial charge on any atom is 0.253 e. The maximum absolute atomic E-state index is 12.3. The standard InChI is InChI=1S/C17H21NO/c1-14(13-15-9-5-3-6-10-15)18(2)17(19)16-11-7-4-8-12-16/h3-5,7-8,10-12,14H,6,9,13H2,1-2H3/t14-/m0/s1. The Hall–Kier alpha value is -1.83. The Kier molecular flexibility index (Phi) is 4.56. The van der Waals surface area contributed by atoms with Crippen molar-refractivity contribution in [2.45, 2.75) is 32.2 Å². The molecule has 0 spiro atoms. The summed E-state index contributed by atoms with van der Waals surface area (Å²) in [4.78, 5) is 14.2. The van der Waals surface area contributed by atoms with Crippen LogP contribution >= 0.6 is 0 Å². The molecule has 0 saturated heterocycles. The highest BCUT2D eigenvalue weighted by Crippen LogP contribution is 2.19. The number of benzene rings is 1. The first-order chi connectivity index (χ1) is 9.18. The summed E-state index contributed by atoms with van der Waals surface area (Å²) in [6, 6.07) is 9.70. The fraction of sp³-hybridized carbons (Fsp3) is 0.353. The van der Waals surface area contributed by atoms with Crippen LogP contribution in [0.5, 0.6) is 0 Å². The van der Waals surface area contributed by atoms with Gasteiger partial charge >= 0.3 is 0 Å².